The average molecular weight is 351 g/mol. The van der Waals surface area contributed by atoms with Crippen molar-refractivity contribution in [2.75, 3.05) is 12.4 Å². The predicted molar refractivity (Wildman–Crippen MR) is 102 cm³/mol. The van der Waals surface area contributed by atoms with Gasteiger partial charge in [0.1, 0.15) is 17.4 Å². The van der Waals surface area contributed by atoms with Gasteiger partial charge in [-0.25, -0.2) is 14.4 Å². The van der Waals surface area contributed by atoms with Crippen molar-refractivity contribution >= 4 is 11.4 Å². The Labute approximate surface area is 153 Å². The lowest BCUT2D eigenvalue weighted by Gasteiger charge is -2.11. The first-order chi connectivity index (χ1) is 12.7. The molecule has 0 saturated carbocycles. The van der Waals surface area contributed by atoms with E-state index in [9.17, 15) is 4.39 Å². The number of allylic oxidation sites excluding steroid dienone is 5. The van der Waals surface area contributed by atoms with Crippen LogP contribution in [0.1, 0.15) is 29.8 Å². The van der Waals surface area contributed by atoms with E-state index in [4.69, 9.17) is 4.74 Å². The summed E-state index contributed by atoms with van der Waals surface area (Å²) in [6.07, 6.45) is 11.8. The van der Waals surface area contributed by atoms with Crippen LogP contribution in [0.2, 0.25) is 0 Å². The molecule has 4 nitrogen and oxygen atoms in total. The Kier molecular flexibility index (Phi) is 5.79. The molecule has 134 valence electrons. The topological polar surface area (TPSA) is 47.0 Å². The molecule has 1 aliphatic rings. The van der Waals surface area contributed by atoms with Crippen molar-refractivity contribution in [3.63, 3.8) is 0 Å². The summed E-state index contributed by atoms with van der Waals surface area (Å²) in [6.45, 7) is 2.47. The number of nitrogens with zero attached hydrogens (tertiary/aromatic N) is 2. The van der Waals surface area contributed by atoms with Gasteiger partial charge in [0.15, 0.2) is 5.82 Å². The summed E-state index contributed by atoms with van der Waals surface area (Å²) in [5, 5.41) is 3.28. The second-order valence-electron chi connectivity index (χ2n) is 6.08. The highest BCUT2D eigenvalue weighted by molar-refractivity contribution is 5.72. The number of anilines is 1. The summed E-state index contributed by atoms with van der Waals surface area (Å²) >= 11 is 0. The van der Waals surface area contributed by atoms with Gasteiger partial charge in [-0.05, 0) is 61.2 Å². The summed E-state index contributed by atoms with van der Waals surface area (Å²) in [6, 6.07) is 6.61. The van der Waals surface area contributed by atoms with Crippen molar-refractivity contribution in [1.82, 2.24) is 9.97 Å². The minimum atomic E-state index is -0.222. The van der Waals surface area contributed by atoms with Crippen molar-refractivity contribution in [2.45, 2.75) is 26.3 Å². The summed E-state index contributed by atoms with van der Waals surface area (Å²) in [5.41, 5.74) is 2.84. The molecular formula is C21H22FN3O. The van der Waals surface area contributed by atoms with Gasteiger partial charge in [0.05, 0.1) is 7.11 Å². The summed E-state index contributed by atoms with van der Waals surface area (Å²) < 4.78 is 18.6. The normalized spacial score (nSPS) is 19.3. The van der Waals surface area contributed by atoms with Crippen LogP contribution in [0.3, 0.4) is 0 Å². The Balaban J connectivity index is 1.79. The largest absolute Gasteiger partial charge is 0.497 e. The number of hydrogen-bond acceptors (Lipinski definition) is 4. The smallest absolute Gasteiger partial charge is 0.161 e. The number of hydrogen-bond donors (Lipinski definition) is 1. The molecule has 1 aromatic carbocycles. The van der Waals surface area contributed by atoms with Gasteiger partial charge in [0, 0.05) is 18.3 Å². The minimum Gasteiger partial charge on any atom is -0.497 e. The first-order valence-electron chi connectivity index (χ1n) is 8.60. The Morgan fingerprint density at radius 1 is 1.23 bits per heavy atom. The van der Waals surface area contributed by atoms with E-state index in [-0.39, 0.29) is 5.82 Å². The molecular weight excluding hydrogens is 329 g/mol. The molecule has 0 unspecified atom stereocenters. The highest BCUT2D eigenvalue weighted by Gasteiger charge is 2.07. The van der Waals surface area contributed by atoms with Crippen LogP contribution in [0, 0.1) is 12.7 Å². The molecule has 5 heteroatoms. The number of aryl methyl sites for hydroxylation is 1. The van der Waals surface area contributed by atoms with Crippen LogP contribution >= 0.6 is 0 Å². The number of aromatic nitrogens is 2. The van der Waals surface area contributed by atoms with E-state index in [1.165, 1.54) is 12.1 Å². The maximum atomic E-state index is 13.2. The molecule has 2 aromatic rings. The molecule has 1 aromatic heterocycles. The molecule has 0 spiro atoms. The molecule has 1 heterocycles. The summed E-state index contributed by atoms with van der Waals surface area (Å²) in [7, 11) is 1.66. The van der Waals surface area contributed by atoms with E-state index in [1.54, 1.807) is 19.4 Å². The fourth-order valence-corrected chi connectivity index (χ4v) is 2.71. The van der Waals surface area contributed by atoms with E-state index in [0.717, 1.165) is 41.1 Å². The van der Waals surface area contributed by atoms with Crippen molar-refractivity contribution < 1.29 is 9.13 Å². The third kappa shape index (κ3) is 4.57. The van der Waals surface area contributed by atoms with Crippen molar-refractivity contribution in [3.8, 4) is 0 Å². The van der Waals surface area contributed by atoms with Crippen molar-refractivity contribution in [3.05, 3.63) is 83.3 Å². The zero-order chi connectivity index (χ0) is 18.4. The van der Waals surface area contributed by atoms with Crippen LogP contribution in [0.25, 0.3) is 5.57 Å². The zero-order valence-corrected chi connectivity index (χ0v) is 15.0. The van der Waals surface area contributed by atoms with Crippen LogP contribution in [0.4, 0.5) is 10.2 Å². The van der Waals surface area contributed by atoms with Gasteiger partial charge in [-0.1, -0.05) is 18.2 Å². The van der Waals surface area contributed by atoms with Crippen LogP contribution in [-0.2, 0) is 11.3 Å². The fourth-order valence-electron chi connectivity index (χ4n) is 2.71. The minimum absolute atomic E-state index is 0.222. The lowest BCUT2D eigenvalue weighted by Crippen LogP contribution is -2.05. The molecule has 26 heavy (non-hydrogen) atoms. The number of rotatable bonds is 5. The molecule has 0 fully saturated rings. The molecule has 0 aliphatic heterocycles. The van der Waals surface area contributed by atoms with Crippen molar-refractivity contribution in [2.24, 2.45) is 0 Å². The highest BCUT2D eigenvalue weighted by atomic mass is 19.1. The zero-order valence-electron chi connectivity index (χ0n) is 15.0. The first-order valence-corrected chi connectivity index (χ1v) is 8.60. The van der Waals surface area contributed by atoms with E-state index >= 15 is 0 Å². The van der Waals surface area contributed by atoms with Crippen LogP contribution in [-0.4, -0.2) is 17.1 Å². The quantitative estimate of drug-likeness (QED) is 0.840. The Morgan fingerprint density at radius 3 is 2.92 bits per heavy atom. The highest BCUT2D eigenvalue weighted by Crippen LogP contribution is 2.20. The second kappa shape index (κ2) is 8.43. The molecule has 0 amide bonds. The van der Waals surface area contributed by atoms with E-state index < -0.39 is 0 Å². The maximum Gasteiger partial charge on any atom is 0.161 e. The summed E-state index contributed by atoms with van der Waals surface area (Å²) in [5.74, 6) is 1.94. The van der Waals surface area contributed by atoms with Gasteiger partial charge in [-0.3, -0.25) is 0 Å². The SMILES string of the molecule is COC1=C/CC\C=C/C(c2nccc(NCc3ccc(F)cc3C)n2)=C\1. The second-order valence-corrected chi connectivity index (χ2v) is 6.08. The van der Waals surface area contributed by atoms with E-state index in [0.29, 0.717) is 12.4 Å². The van der Waals surface area contributed by atoms with Gasteiger partial charge < -0.3 is 10.1 Å². The standard InChI is InChI=1S/C21H22FN3O/c1-15-12-18(22)9-8-17(15)14-24-20-10-11-23-21(25-20)16-6-4-3-5-7-19(13-16)26-2/h4,6-13H,3,5,14H2,1-2H3,(H,23,24,25)/b6-4-,16-13+,19-7+. The number of halogens is 1. The molecule has 0 radical (unpaired) electrons. The predicted octanol–water partition coefficient (Wildman–Crippen LogP) is 4.80. The van der Waals surface area contributed by atoms with Gasteiger partial charge >= 0.3 is 0 Å². The number of methoxy groups -OCH3 is 1. The fraction of sp³-hybridized carbons (Fsp3) is 0.238. The number of benzene rings is 1. The Morgan fingerprint density at radius 2 is 2.12 bits per heavy atom. The van der Waals surface area contributed by atoms with E-state index in [2.05, 4.69) is 27.4 Å². The average Bonchev–Trinajstić information content (AvgIpc) is 2.61. The molecule has 1 aliphatic carbocycles. The van der Waals surface area contributed by atoms with Gasteiger partial charge in [0.2, 0.25) is 0 Å². The van der Waals surface area contributed by atoms with Crippen LogP contribution < -0.4 is 5.32 Å². The lowest BCUT2D eigenvalue weighted by atomic mass is 10.1. The number of ether oxygens (including phenoxy) is 1. The molecule has 1 N–H and O–H groups in total. The number of nitrogens with one attached hydrogen (secondary N) is 1. The van der Waals surface area contributed by atoms with Gasteiger partial charge in [-0.2, -0.15) is 0 Å². The third-order valence-corrected chi connectivity index (χ3v) is 4.19. The molecule has 0 bridgehead atoms. The van der Waals surface area contributed by atoms with Crippen molar-refractivity contribution in [1.29, 1.82) is 0 Å². The third-order valence-electron chi connectivity index (χ3n) is 4.19. The van der Waals surface area contributed by atoms with Crippen LogP contribution in [0.5, 0.6) is 0 Å². The molecule has 0 atom stereocenters. The van der Waals surface area contributed by atoms with Gasteiger partial charge in [-0.15, -0.1) is 0 Å². The Bertz CT molecular complexity index is 871. The lowest BCUT2D eigenvalue weighted by molar-refractivity contribution is 0.305. The Hall–Kier alpha value is -2.95. The maximum absolute atomic E-state index is 13.2. The van der Waals surface area contributed by atoms with Crippen LogP contribution in [0.15, 0.2) is 60.5 Å². The van der Waals surface area contributed by atoms with Gasteiger partial charge in [0.25, 0.3) is 0 Å². The molecule has 3 rings (SSSR count). The van der Waals surface area contributed by atoms with E-state index in [1.807, 2.05) is 25.1 Å². The molecule has 0 saturated heterocycles. The monoisotopic (exact) mass is 351 g/mol. The summed E-state index contributed by atoms with van der Waals surface area (Å²) in [4.78, 5) is 8.99. The first kappa shape index (κ1) is 17.9.